The van der Waals surface area contributed by atoms with Gasteiger partial charge in [-0.2, -0.15) is 0 Å². The largest absolute Gasteiger partial charge is 0.461 e. The Balaban J connectivity index is 2.33. The van der Waals surface area contributed by atoms with Crippen LogP contribution in [0.5, 0.6) is 0 Å². The first-order valence-corrected chi connectivity index (χ1v) is 10.6. The molecule has 1 rings (SSSR count). The zero-order valence-electron chi connectivity index (χ0n) is 12.5. The van der Waals surface area contributed by atoms with E-state index in [0.29, 0.717) is 0 Å². The Morgan fingerprint density at radius 2 is 1.74 bits per heavy atom. The number of halogens is 3. The molecule has 0 amide bonds. The maximum atomic E-state index is 12.3. The number of carbonyl (C=O) groups excluding carboxylic acids is 1. The molecule has 1 aromatic rings. The van der Waals surface area contributed by atoms with Crippen molar-refractivity contribution in [2.75, 3.05) is 31.5 Å². The molecule has 130 valence electrons. The number of hydrogen-bond donors (Lipinski definition) is 0. The molecule has 1 aromatic carbocycles. The standard InChI is InChI=1S/C14H19Cl3NO4P/c15-7-9-18(10-8-16)23(17,20)22-11-6-14(19)21-12-13-4-2-1-3-5-13/h1-5H,6-12H2. The Labute approximate surface area is 151 Å². The van der Waals surface area contributed by atoms with E-state index in [9.17, 15) is 9.36 Å². The fourth-order valence-corrected chi connectivity index (χ4v) is 4.14. The summed E-state index contributed by atoms with van der Waals surface area (Å²) in [6.45, 7) is -2.89. The second-order valence-electron chi connectivity index (χ2n) is 4.51. The predicted molar refractivity (Wildman–Crippen MR) is 93.3 cm³/mol. The summed E-state index contributed by atoms with van der Waals surface area (Å²) in [4.78, 5) is 11.6. The number of rotatable bonds is 11. The van der Waals surface area contributed by atoms with Gasteiger partial charge < -0.3 is 9.26 Å². The van der Waals surface area contributed by atoms with E-state index < -0.39 is 12.8 Å². The van der Waals surface area contributed by atoms with Crippen LogP contribution in [0.4, 0.5) is 0 Å². The highest BCUT2D eigenvalue weighted by Crippen LogP contribution is 2.55. The Kier molecular flexibility index (Phi) is 10.2. The molecule has 0 aliphatic rings. The van der Waals surface area contributed by atoms with Crippen molar-refractivity contribution in [2.45, 2.75) is 13.0 Å². The summed E-state index contributed by atoms with van der Waals surface area (Å²) >= 11 is 17.2. The van der Waals surface area contributed by atoms with Gasteiger partial charge in [0.15, 0.2) is 0 Å². The third-order valence-corrected chi connectivity index (χ3v) is 5.67. The van der Waals surface area contributed by atoms with Crippen molar-refractivity contribution in [1.29, 1.82) is 0 Å². The lowest BCUT2D eigenvalue weighted by molar-refractivity contribution is -0.145. The van der Waals surface area contributed by atoms with Gasteiger partial charge in [0.25, 0.3) is 0 Å². The van der Waals surface area contributed by atoms with E-state index in [-0.39, 0.29) is 44.5 Å². The number of esters is 1. The highest BCUT2D eigenvalue weighted by molar-refractivity contribution is 7.83. The van der Waals surface area contributed by atoms with E-state index >= 15 is 0 Å². The van der Waals surface area contributed by atoms with E-state index in [1.807, 2.05) is 30.3 Å². The van der Waals surface area contributed by atoms with Gasteiger partial charge in [0, 0.05) is 24.8 Å². The van der Waals surface area contributed by atoms with Crippen molar-refractivity contribution in [3.63, 3.8) is 0 Å². The molecule has 0 bridgehead atoms. The van der Waals surface area contributed by atoms with Gasteiger partial charge in [-0.3, -0.25) is 9.36 Å². The molecule has 1 atom stereocenters. The molecule has 9 heteroatoms. The zero-order chi connectivity index (χ0) is 17.1. The summed E-state index contributed by atoms with van der Waals surface area (Å²) in [6, 6.07) is 9.31. The summed E-state index contributed by atoms with van der Waals surface area (Å²) < 4.78 is 23.9. The third kappa shape index (κ3) is 8.39. The number of nitrogens with zero attached hydrogens (tertiary/aromatic N) is 1. The van der Waals surface area contributed by atoms with Crippen molar-refractivity contribution in [3.05, 3.63) is 35.9 Å². The topological polar surface area (TPSA) is 55.8 Å². The normalized spacial score (nSPS) is 13.7. The fraction of sp³-hybridized carbons (Fsp3) is 0.500. The zero-order valence-corrected chi connectivity index (χ0v) is 15.7. The van der Waals surface area contributed by atoms with E-state index in [2.05, 4.69) is 0 Å². The maximum Gasteiger partial charge on any atom is 0.363 e. The SMILES string of the molecule is O=C(CCOP(=O)(Cl)N(CCCl)CCCl)OCc1ccccc1. The van der Waals surface area contributed by atoms with E-state index in [4.69, 9.17) is 43.7 Å². The number of hydrogen-bond acceptors (Lipinski definition) is 4. The number of benzene rings is 1. The smallest absolute Gasteiger partial charge is 0.363 e. The molecular formula is C14H19Cl3NO4P. The number of alkyl halides is 2. The highest BCUT2D eigenvalue weighted by Gasteiger charge is 2.28. The molecule has 23 heavy (non-hydrogen) atoms. The predicted octanol–water partition coefficient (Wildman–Crippen LogP) is 4.26. The molecule has 0 saturated heterocycles. The van der Waals surface area contributed by atoms with Crippen LogP contribution in [0.15, 0.2) is 30.3 Å². The molecule has 5 nitrogen and oxygen atoms in total. The van der Waals surface area contributed by atoms with Gasteiger partial charge in [-0.1, -0.05) is 30.3 Å². The Morgan fingerprint density at radius 3 is 2.30 bits per heavy atom. The lowest BCUT2D eigenvalue weighted by Crippen LogP contribution is -2.24. The first kappa shape index (κ1) is 20.8. The van der Waals surface area contributed by atoms with Crippen LogP contribution in [0.3, 0.4) is 0 Å². The third-order valence-electron chi connectivity index (χ3n) is 2.82. The second-order valence-corrected chi connectivity index (χ2v) is 8.28. The summed E-state index contributed by atoms with van der Waals surface area (Å²) in [5.41, 5.74) is 0.889. The van der Waals surface area contributed by atoms with Gasteiger partial charge in [-0.05, 0) is 16.8 Å². The monoisotopic (exact) mass is 401 g/mol. The fourth-order valence-electron chi connectivity index (χ4n) is 1.68. The van der Waals surface area contributed by atoms with Crippen LogP contribution in [0.25, 0.3) is 0 Å². The molecule has 0 heterocycles. The van der Waals surface area contributed by atoms with Crippen molar-refractivity contribution in [3.8, 4) is 0 Å². The Hall–Kier alpha value is -0.290. The van der Waals surface area contributed by atoms with Crippen LogP contribution >= 0.6 is 41.3 Å². The van der Waals surface area contributed by atoms with Gasteiger partial charge >= 0.3 is 12.8 Å². The Bertz CT molecular complexity index is 512. The van der Waals surface area contributed by atoms with E-state index in [1.54, 1.807) is 0 Å². The number of ether oxygens (including phenoxy) is 1. The van der Waals surface area contributed by atoms with Gasteiger partial charge in [-0.15, -0.1) is 23.2 Å². The minimum atomic E-state index is -3.54. The molecule has 0 fully saturated rings. The summed E-state index contributed by atoms with van der Waals surface area (Å²) in [6.07, 6.45) is -0.0425. The first-order valence-electron chi connectivity index (χ1n) is 7.00. The van der Waals surface area contributed by atoms with Gasteiger partial charge in [0.2, 0.25) is 0 Å². The lowest BCUT2D eigenvalue weighted by Gasteiger charge is -2.24. The van der Waals surface area contributed by atoms with Gasteiger partial charge in [0.05, 0.1) is 13.0 Å². The van der Waals surface area contributed by atoms with Crippen molar-refractivity contribution < 1.29 is 18.6 Å². The van der Waals surface area contributed by atoms with Crippen LogP contribution in [0.1, 0.15) is 12.0 Å². The molecule has 0 aromatic heterocycles. The second kappa shape index (κ2) is 11.3. The minimum Gasteiger partial charge on any atom is -0.461 e. The average Bonchev–Trinajstić information content (AvgIpc) is 2.53. The molecule has 0 radical (unpaired) electrons. The van der Waals surface area contributed by atoms with E-state index in [0.717, 1.165) is 5.56 Å². The molecule has 1 unspecified atom stereocenters. The summed E-state index contributed by atoms with van der Waals surface area (Å²) in [5.74, 6) is 0.0401. The maximum absolute atomic E-state index is 12.3. The molecule has 0 spiro atoms. The molecule has 0 saturated carbocycles. The summed E-state index contributed by atoms with van der Waals surface area (Å²) in [5, 5.41) is 0. The average molecular weight is 403 g/mol. The van der Waals surface area contributed by atoms with Gasteiger partial charge in [0.1, 0.15) is 6.61 Å². The van der Waals surface area contributed by atoms with Crippen LogP contribution in [-0.4, -0.2) is 42.1 Å². The quantitative estimate of drug-likeness (QED) is 0.314. The molecule has 0 aliphatic heterocycles. The van der Waals surface area contributed by atoms with Crippen LogP contribution in [0.2, 0.25) is 0 Å². The van der Waals surface area contributed by atoms with Crippen LogP contribution in [0, 0.1) is 0 Å². The van der Waals surface area contributed by atoms with Gasteiger partial charge in [-0.25, -0.2) is 4.67 Å². The van der Waals surface area contributed by atoms with Crippen molar-refractivity contribution in [1.82, 2.24) is 4.67 Å². The van der Waals surface area contributed by atoms with Crippen LogP contribution in [-0.2, 0) is 25.2 Å². The molecule has 0 N–H and O–H groups in total. The number of carbonyl (C=O) groups is 1. The Morgan fingerprint density at radius 1 is 1.13 bits per heavy atom. The van der Waals surface area contributed by atoms with Crippen molar-refractivity contribution >= 4 is 47.3 Å². The van der Waals surface area contributed by atoms with E-state index in [1.165, 1.54) is 4.67 Å². The highest BCUT2D eigenvalue weighted by atomic mass is 35.7. The lowest BCUT2D eigenvalue weighted by atomic mass is 10.2. The van der Waals surface area contributed by atoms with Crippen molar-refractivity contribution in [2.24, 2.45) is 0 Å². The minimum absolute atomic E-state index is 0.0425. The molecular weight excluding hydrogens is 383 g/mol. The molecule has 0 aliphatic carbocycles. The summed E-state index contributed by atoms with van der Waals surface area (Å²) in [7, 11) is 0. The van der Waals surface area contributed by atoms with Crippen LogP contribution < -0.4 is 0 Å². The first-order chi connectivity index (χ1) is 11.0.